The molecule has 2 saturated heterocycles. The van der Waals surface area contributed by atoms with Gasteiger partial charge in [-0.3, -0.25) is 34.2 Å². The van der Waals surface area contributed by atoms with Crippen LogP contribution in [0.1, 0.15) is 57.1 Å². The summed E-state index contributed by atoms with van der Waals surface area (Å²) in [6.45, 7) is 3.04. The molecule has 0 radical (unpaired) electrons. The molecule has 4 atom stereocenters. The van der Waals surface area contributed by atoms with Crippen molar-refractivity contribution in [3.05, 3.63) is 107 Å². The standard InChI is InChI=1S/C46H49N5O12S/c1-28-8-11-32(12-9-28)64(58,59)50-17-16-33-37(26-52)48-36-13-10-30(25-35(36)43(33)50)29-4-2-5-31(24-29)47-41(54)27-62-21-20-60-18-19-61-22-23-63-39-7-3-6-34-42(39)46(57)51(45(34)56)38-14-15-40(53)49-44(38)55/h2-13,24-25,33,37-38,43,48,52H,14-23,26-27H2,1H3,(H,47,54)(H,49,53,55)/t33-,37+,38?,43-/m1/s1. The number of hydrogen-bond acceptors (Lipinski definition) is 13. The summed E-state index contributed by atoms with van der Waals surface area (Å²) in [6, 6.07) is 22.9. The fraction of sp³-hybridized carbons (Fsp3) is 0.370. The molecule has 18 heteroatoms. The first-order valence-electron chi connectivity index (χ1n) is 21.2. The fourth-order valence-corrected chi connectivity index (χ4v) is 10.4. The summed E-state index contributed by atoms with van der Waals surface area (Å²) >= 11 is 0. The van der Waals surface area contributed by atoms with Crippen molar-refractivity contribution in [3.63, 3.8) is 0 Å². The monoisotopic (exact) mass is 895 g/mol. The Morgan fingerprint density at radius 2 is 1.55 bits per heavy atom. The second kappa shape index (κ2) is 19.4. The van der Waals surface area contributed by atoms with E-state index >= 15 is 0 Å². The van der Waals surface area contributed by atoms with Crippen LogP contribution in [0.2, 0.25) is 0 Å². The Bertz CT molecular complexity index is 2550. The molecule has 4 N–H and O–H groups in total. The maximum absolute atomic E-state index is 14.0. The van der Waals surface area contributed by atoms with E-state index in [-0.39, 0.29) is 105 Å². The van der Waals surface area contributed by atoms with Gasteiger partial charge in [0.25, 0.3) is 11.8 Å². The van der Waals surface area contributed by atoms with Crippen LogP contribution in [0.3, 0.4) is 0 Å². The predicted molar refractivity (Wildman–Crippen MR) is 232 cm³/mol. The Balaban J connectivity index is 0.761. The number of hydrogen-bond donors (Lipinski definition) is 4. The number of ether oxygens (including phenoxy) is 4. The maximum Gasteiger partial charge on any atom is 0.266 e. The number of nitrogens with zero attached hydrogens (tertiary/aromatic N) is 2. The first kappa shape index (κ1) is 44.6. The van der Waals surface area contributed by atoms with Gasteiger partial charge in [-0.1, -0.05) is 42.0 Å². The number of aliphatic hydroxyl groups is 1. The summed E-state index contributed by atoms with van der Waals surface area (Å²) in [5.41, 5.74) is 4.99. The van der Waals surface area contributed by atoms with Crippen LogP contribution in [0.5, 0.6) is 5.75 Å². The van der Waals surface area contributed by atoms with E-state index in [2.05, 4.69) is 16.0 Å². The van der Waals surface area contributed by atoms with Crippen LogP contribution in [-0.4, -0.2) is 124 Å². The van der Waals surface area contributed by atoms with E-state index in [9.17, 15) is 37.5 Å². The second-order valence-electron chi connectivity index (χ2n) is 15.9. The average molecular weight is 896 g/mol. The molecule has 4 aliphatic heterocycles. The maximum atomic E-state index is 14.0. The zero-order chi connectivity index (χ0) is 45.0. The highest BCUT2D eigenvalue weighted by Gasteiger charge is 2.49. The van der Waals surface area contributed by atoms with Crippen LogP contribution in [-0.2, 0) is 38.6 Å². The minimum absolute atomic E-state index is 0.0260. The number of sulfonamides is 1. The van der Waals surface area contributed by atoms with E-state index in [4.69, 9.17) is 18.9 Å². The molecular formula is C46H49N5O12S. The molecular weight excluding hydrogens is 847 g/mol. The summed E-state index contributed by atoms with van der Waals surface area (Å²) in [6.07, 6.45) is 0.686. The summed E-state index contributed by atoms with van der Waals surface area (Å²) in [5, 5.41) is 18.7. The molecule has 17 nitrogen and oxygen atoms in total. The molecule has 8 rings (SSSR count). The van der Waals surface area contributed by atoms with Crippen LogP contribution in [0.4, 0.5) is 11.4 Å². The number of nitrogens with one attached hydrogen (secondary N) is 3. The van der Waals surface area contributed by atoms with Crippen molar-refractivity contribution in [1.29, 1.82) is 0 Å². The van der Waals surface area contributed by atoms with Crippen LogP contribution in [0, 0.1) is 12.8 Å². The van der Waals surface area contributed by atoms with Crippen molar-refractivity contribution in [2.24, 2.45) is 5.92 Å². The third-order valence-electron chi connectivity index (χ3n) is 11.8. The average Bonchev–Trinajstić information content (AvgIpc) is 3.85. The molecule has 4 aromatic carbocycles. The summed E-state index contributed by atoms with van der Waals surface area (Å²) in [7, 11) is -3.82. The SMILES string of the molecule is Cc1ccc(S(=O)(=O)N2CC[C@@H]3[C@H](CO)Nc4ccc(-c5cccc(NC(=O)COCCOCCOCCOc6cccc7c6C(=O)N(C6CCC(=O)NC6=O)C7=O)c5)cc4[C@@H]32)cc1. The number of anilines is 2. The number of benzene rings is 4. The highest BCUT2D eigenvalue weighted by atomic mass is 32.2. The summed E-state index contributed by atoms with van der Waals surface area (Å²) in [4.78, 5) is 64.1. The lowest BCUT2D eigenvalue weighted by atomic mass is 9.82. The molecule has 1 unspecified atom stereocenters. The van der Waals surface area contributed by atoms with Gasteiger partial charge in [0.05, 0.1) is 67.7 Å². The topological polar surface area (TPSA) is 219 Å². The van der Waals surface area contributed by atoms with Crippen molar-refractivity contribution in [1.82, 2.24) is 14.5 Å². The van der Waals surface area contributed by atoms with Gasteiger partial charge >= 0.3 is 0 Å². The predicted octanol–water partition coefficient (Wildman–Crippen LogP) is 3.67. The molecule has 4 aromatic rings. The highest BCUT2D eigenvalue weighted by Crippen LogP contribution is 2.49. The van der Waals surface area contributed by atoms with Gasteiger partial charge in [-0.05, 0) is 85.0 Å². The van der Waals surface area contributed by atoms with Crippen molar-refractivity contribution >= 4 is 50.9 Å². The molecule has 336 valence electrons. The Hall–Kier alpha value is -6.02. The molecule has 0 aromatic heterocycles. The first-order chi connectivity index (χ1) is 30.9. The third-order valence-corrected chi connectivity index (χ3v) is 13.7. The van der Waals surface area contributed by atoms with Gasteiger partial charge in [-0.15, -0.1) is 0 Å². The molecule has 4 heterocycles. The molecule has 0 saturated carbocycles. The number of carbonyl (C=O) groups is 5. The van der Waals surface area contributed by atoms with Crippen LogP contribution >= 0.6 is 0 Å². The number of piperidine rings is 1. The van der Waals surface area contributed by atoms with Gasteiger partial charge in [0.2, 0.25) is 27.7 Å². The molecule has 64 heavy (non-hydrogen) atoms. The largest absolute Gasteiger partial charge is 0.490 e. The smallest absolute Gasteiger partial charge is 0.266 e. The van der Waals surface area contributed by atoms with Crippen LogP contribution < -0.4 is 20.7 Å². The van der Waals surface area contributed by atoms with Crippen molar-refractivity contribution in [3.8, 4) is 16.9 Å². The minimum Gasteiger partial charge on any atom is -0.490 e. The van der Waals surface area contributed by atoms with Gasteiger partial charge in [0.1, 0.15) is 25.0 Å². The van der Waals surface area contributed by atoms with Crippen molar-refractivity contribution in [2.75, 3.05) is 70.0 Å². The Labute approximate surface area is 370 Å². The number of aliphatic hydroxyl groups excluding tert-OH is 1. The van der Waals surface area contributed by atoms with Crippen LogP contribution in [0.15, 0.2) is 89.8 Å². The van der Waals surface area contributed by atoms with Gasteiger partial charge in [0.15, 0.2) is 0 Å². The molecule has 0 aliphatic carbocycles. The molecule has 2 fully saturated rings. The van der Waals surface area contributed by atoms with E-state index in [1.807, 2.05) is 43.3 Å². The van der Waals surface area contributed by atoms with E-state index in [1.54, 1.807) is 46.8 Å². The number of aryl methyl sites for hydroxylation is 1. The van der Waals surface area contributed by atoms with Gasteiger partial charge in [-0.2, -0.15) is 4.31 Å². The fourth-order valence-electron chi connectivity index (χ4n) is 8.71. The van der Waals surface area contributed by atoms with Crippen molar-refractivity contribution in [2.45, 2.75) is 49.2 Å². The highest BCUT2D eigenvalue weighted by molar-refractivity contribution is 7.89. The van der Waals surface area contributed by atoms with Gasteiger partial charge < -0.3 is 34.7 Å². The third kappa shape index (κ3) is 9.29. The number of carbonyl (C=O) groups excluding carboxylic acids is 5. The van der Waals surface area contributed by atoms with E-state index in [0.717, 1.165) is 32.8 Å². The zero-order valence-corrected chi connectivity index (χ0v) is 35.9. The first-order valence-corrected chi connectivity index (χ1v) is 22.6. The summed E-state index contributed by atoms with van der Waals surface area (Å²) < 4.78 is 51.9. The van der Waals surface area contributed by atoms with E-state index in [1.165, 1.54) is 6.07 Å². The number of amides is 5. The lowest BCUT2D eigenvalue weighted by molar-refractivity contribution is -0.136. The number of imide groups is 2. The molecule has 0 bridgehead atoms. The minimum atomic E-state index is -3.82. The van der Waals surface area contributed by atoms with E-state index < -0.39 is 45.7 Å². The Morgan fingerprint density at radius 1 is 0.828 bits per heavy atom. The van der Waals surface area contributed by atoms with E-state index in [0.29, 0.717) is 18.7 Å². The quantitative estimate of drug-likeness (QED) is 0.0829. The molecule has 0 spiro atoms. The summed E-state index contributed by atoms with van der Waals surface area (Å²) in [5.74, 6) is -2.69. The zero-order valence-electron chi connectivity index (χ0n) is 35.1. The molecule has 5 amide bonds. The van der Waals surface area contributed by atoms with Gasteiger partial charge in [-0.25, -0.2) is 8.42 Å². The Kier molecular flexibility index (Phi) is 13.5. The van der Waals surface area contributed by atoms with Crippen molar-refractivity contribution < 1.29 is 56.4 Å². The lowest BCUT2D eigenvalue weighted by Gasteiger charge is -2.39. The van der Waals surface area contributed by atoms with Gasteiger partial charge in [0, 0.05) is 30.3 Å². The second-order valence-corrected chi connectivity index (χ2v) is 17.8. The van der Waals surface area contributed by atoms with Crippen LogP contribution in [0.25, 0.3) is 11.1 Å². The number of rotatable bonds is 18. The normalized spacial score (nSPS) is 20.6. The number of fused-ring (bicyclic) bond motifs is 4. The lowest BCUT2D eigenvalue weighted by Crippen LogP contribution is -2.54. The Morgan fingerprint density at radius 3 is 2.30 bits per heavy atom. The molecule has 4 aliphatic rings.